The van der Waals surface area contributed by atoms with Crippen LogP contribution in [0.3, 0.4) is 0 Å². The molecular formula is C20H20N2O4S2. The highest BCUT2D eigenvalue weighted by molar-refractivity contribution is 7.73. The third-order valence-electron chi connectivity index (χ3n) is 4.68. The summed E-state index contributed by atoms with van der Waals surface area (Å²) in [5.74, 6) is 0.441. The van der Waals surface area contributed by atoms with E-state index in [0.29, 0.717) is 32.9 Å². The highest BCUT2D eigenvalue weighted by Gasteiger charge is 2.20. The summed E-state index contributed by atoms with van der Waals surface area (Å²) in [5.41, 5.74) is 0.400. The summed E-state index contributed by atoms with van der Waals surface area (Å²) in [6.07, 6.45) is 5.45. The first-order valence-electron chi connectivity index (χ1n) is 9.18. The largest absolute Gasteiger partial charge is 0.494 e. The third-order valence-corrected chi connectivity index (χ3v) is 6.07. The summed E-state index contributed by atoms with van der Waals surface area (Å²) >= 11 is 6.67. The molecule has 28 heavy (non-hydrogen) atoms. The maximum absolute atomic E-state index is 12.4. The van der Waals surface area contributed by atoms with Crippen molar-refractivity contribution in [2.75, 3.05) is 13.2 Å². The average molecular weight is 417 g/mol. The molecule has 1 atom stereocenters. The number of hydrogen-bond acceptors (Lipinski definition) is 6. The molecule has 1 aromatic carbocycles. The second kappa shape index (κ2) is 7.98. The number of thiazole rings is 1. The Labute approximate surface area is 171 Å². The minimum absolute atomic E-state index is 0.0630. The van der Waals surface area contributed by atoms with E-state index in [2.05, 4.69) is 4.99 Å². The Balaban J connectivity index is 1.70. The molecule has 2 aliphatic rings. The van der Waals surface area contributed by atoms with Gasteiger partial charge in [-0.25, -0.2) is 4.99 Å². The molecule has 4 rings (SSSR count). The minimum atomic E-state index is -0.346. The Hall–Kier alpha value is -2.29. The predicted octanol–water partition coefficient (Wildman–Crippen LogP) is 2.59. The minimum Gasteiger partial charge on any atom is -0.494 e. The van der Waals surface area contributed by atoms with Crippen LogP contribution in [0.1, 0.15) is 24.6 Å². The van der Waals surface area contributed by atoms with Gasteiger partial charge in [0.2, 0.25) is 5.88 Å². The van der Waals surface area contributed by atoms with Gasteiger partial charge < -0.3 is 14.6 Å². The third kappa shape index (κ3) is 3.80. The van der Waals surface area contributed by atoms with Crippen LogP contribution in [-0.4, -0.2) is 34.9 Å². The summed E-state index contributed by atoms with van der Waals surface area (Å²) in [7, 11) is 0. The number of hydrogen-bond donors (Lipinski definition) is 1. The lowest BCUT2D eigenvalue weighted by Gasteiger charge is -2.11. The van der Waals surface area contributed by atoms with Crippen LogP contribution in [0.15, 0.2) is 28.8 Å². The van der Waals surface area contributed by atoms with Crippen molar-refractivity contribution in [3.63, 3.8) is 0 Å². The van der Waals surface area contributed by atoms with Gasteiger partial charge >= 0.3 is 0 Å². The van der Waals surface area contributed by atoms with Crippen LogP contribution in [0.25, 0.3) is 12.2 Å². The van der Waals surface area contributed by atoms with Gasteiger partial charge in [0.05, 0.1) is 29.5 Å². The molecule has 3 heterocycles. The van der Waals surface area contributed by atoms with Crippen LogP contribution >= 0.6 is 23.6 Å². The van der Waals surface area contributed by atoms with E-state index in [9.17, 15) is 9.90 Å². The lowest BCUT2D eigenvalue weighted by Crippen LogP contribution is -2.30. The number of aromatic hydroxyl groups is 1. The van der Waals surface area contributed by atoms with E-state index in [4.69, 9.17) is 21.7 Å². The zero-order valence-corrected chi connectivity index (χ0v) is 17.0. The van der Waals surface area contributed by atoms with E-state index in [1.807, 2.05) is 13.0 Å². The molecule has 6 nitrogen and oxygen atoms in total. The maximum Gasteiger partial charge on any atom is 0.277 e. The predicted molar refractivity (Wildman–Crippen MR) is 110 cm³/mol. The summed E-state index contributed by atoms with van der Waals surface area (Å²) in [4.78, 5) is 17.1. The van der Waals surface area contributed by atoms with Crippen LogP contribution in [-0.2, 0) is 16.1 Å². The number of fused-ring (bicyclic) bond motifs is 1. The first-order valence-corrected chi connectivity index (χ1v) is 10.4. The molecule has 0 bridgehead atoms. The molecule has 0 unspecified atom stereocenters. The Kier molecular flexibility index (Phi) is 5.43. The van der Waals surface area contributed by atoms with Gasteiger partial charge in [-0.15, -0.1) is 11.3 Å². The van der Waals surface area contributed by atoms with E-state index in [0.717, 1.165) is 30.4 Å². The van der Waals surface area contributed by atoms with E-state index in [-0.39, 0.29) is 17.9 Å². The van der Waals surface area contributed by atoms with E-state index in [1.165, 1.54) is 11.3 Å². The molecule has 0 aliphatic carbocycles. The van der Waals surface area contributed by atoms with Crippen LogP contribution in [0.4, 0.5) is 0 Å². The molecule has 1 N–H and O–H groups in total. The molecule has 1 amide bonds. The lowest BCUT2D eigenvalue weighted by atomic mass is 10.1. The molecule has 2 aliphatic heterocycles. The fourth-order valence-electron chi connectivity index (χ4n) is 3.32. The van der Waals surface area contributed by atoms with Gasteiger partial charge in [0.1, 0.15) is 5.75 Å². The number of carbonyl (C=O) groups is 1. The van der Waals surface area contributed by atoms with Crippen molar-refractivity contribution < 1.29 is 19.4 Å². The zero-order valence-electron chi connectivity index (χ0n) is 15.4. The monoisotopic (exact) mass is 416 g/mol. The Morgan fingerprint density at radius 1 is 1.50 bits per heavy atom. The lowest BCUT2D eigenvalue weighted by molar-refractivity contribution is -0.114. The molecule has 2 aromatic rings. The topological polar surface area (TPSA) is 73.1 Å². The summed E-state index contributed by atoms with van der Waals surface area (Å²) in [6, 6.07) is 5.42. The van der Waals surface area contributed by atoms with E-state index in [1.54, 1.807) is 28.9 Å². The maximum atomic E-state index is 12.4. The number of amides is 1. The van der Waals surface area contributed by atoms with Crippen molar-refractivity contribution >= 4 is 41.6 Å². The Bertz CT molecular complexity index is 1120. The highest BCUT2D eigenvalue weighted by Crippen LogP contribution is 2.30. The quantitative estimate of drug-likeness (QED) is 0.599. The van der Waals surface area contributed by atoms with Crippen molar-refractivity contribution in [3.05, 3.63) is 43.2 Å². The standard InChI is InChI=1S/C20H20N2O4S2/c1-2-25-14-5-6-16-12(9-14)8-13(18(23)21-16)10-17-19(24)22(20(27)28-17)11-15-4-3-7-26-15/h5-6,8-10,15,24H,2-4,7,11H2,1H3/t15-/m1/s1. The SMILES string of the molecule is CCOc1ccc2c(c1)=CC(=Cc1sc(=S)n(C[C@H]3CCCO3)c1O)C(=O)N=2. The molecular weight excluding hydrogens is 396 g/mol. The molecule has 8 heteroatoms. The number of benzene rings is 1. The van der Waals surface area contributed by atoms with Gasteiger partial charge in [0, 0.05) is 17.4 Å². The normalized spacial score (nSPS) is 20.0. The number of rotatable bonds is 5. The van der Waals surface area contributed by atoms with Gasteiger partial charge in [-0.05, 0) is 62.3 Å². The van der Waals surface area contributed by atoms with Gasteiger partial charge in [0.25, 0.3) is 5.91 Å². The molecule has 0 radical (unpaired) electrons. The van der Waals surface area contributed by atoms with Crippen molar-refractivity contribution in [1.82, 2.24) is 4.57 Å². The van der Waals surface area contributed by atoms with Gasteiger partial charge in [-0.2, -0.15) is 0 Å². The van der Waals surface area contributed by atoms with Crippen LogP contribution in [0.5, 0.6) is 11.6 Å². The number of ether oxygens (including phenoxy) is 2. The molecule has 0 saturated carbocycles. The average Bonchev–Trinajstić information content (AvgIpc) is 3.27. The molecule has 0 spiro atoms. The highest BCUT2D eigenvalue weighted by atomic mass is 32.1. The van der Waals surface area contributed by atoms with E-state index >= 15 is 0 Å². The summed E-state index contributed by atoms with van der Waals surface area (Å²) < 4.78 is 13.4. The van der Waals surface area contributed by atoms with Crippen LogP contribution in [0.2, 0.25) is 0 Å². The fraction of sp³-hybridized carbons (Fsp3) is 0.350. The smallest absolute Gasteiger partial charge is 0.277 e. The van der Waals surface area contributed by atoms with Crippen molar-refractivity contribution in [3.8, 4) is 11.6 Å². The summed E-state index contributed by atoms with van der Waals surface area (Å²) in [5, 5.41) is 12.0. The van der Waals surface area contributed by atoms with Crippen molar-refractivity contribution in [1.29, 1.82) is 0 Å². The first kappa shape index (κ1) is 19.0. The second-order valence-electron chi connectivity index (χ2n) is 6.62. The Morgan fingerprint density at radius 2 is 2.36 bits per heavy atom. The van der Waals surface area contributed by atoms with Gasteiger partial charge in [0.15, 0.2) is 3.95 Å². The van der Waals surface area contributed by atoms with Crippen LogP contribution in [0, 0.1) is 3.95 Å². The molecule has 1 aromatic heterocycles. The molecule has 146 valence electrons. The number of carbonyl (C=O) groups excluding carboxylic acids is 1. The van der Waals surface area contributed by atoms with Crippen molar-refractivity contribution in [2.24, 2.45) is 4.99 Å². The molecule has 1 fully saturated rings. The molecule has 1 saturated heterocycles. The Morgan fingerprint density at radius 3 is 3.11 bits per heavy atom. The summed E-state index contributed by atoms with van der Waals surface area (Å²) in [6.45, 7) is 3.74. The zero-order chi connectivity index (χ0) is 19.7. The second-order valence-corrected chi connectivity index (χ2v) is 8.29. The number of nitrogens with zero attached hydrogens (tertiary/aromatic N) is 2. The van der Waals surface area contributed by atoms with Crippen molar-refractivity contribution in [2.45, 2.75) is 32.4 Å². The van der Waals surface area contributed by atoms with Gasteiger partial charge in [-0.1, -0.05) is 0 Å². The fourth-order valence-corrected chi connectivity index (χ4v) is 4.59. The van der Waals surface area contributed by atoms with Crippen LogP contribution < -0.4 is 15.3 Å². The number of aromatic nitrogens is 1. The first-order chi connectivity index (χ1) is 13.5. The van der Waals surface area contributed by atoms with E-state index < -0.39 is 0 Å². The van der Waals surface area contributed by atoms with Gasteiger partial charge in [-0.3, -0.25) is 9.36 Å².